The molecule has 4 N–H and O–H groups in total. The molecule has 1 aliphatic heterocycles. The second kappa shape index (κ2) is 37.1. The number of nitrogens with zero attached hydrogens (tertiary/aromatic N) is 2. The number of phosphoric acid groups is 1. The molecular formula is C56H85Cl6N6O15P. The predicted octanol–water partition coefficient (Wildman–Crippen LogP) is 9.82. The number of carbonyl (C=O) groups is 8. The molecule has 9 atom stereocenters. The number of cyclic esters (lactones) is 2. The highest BCUT2D eigenvalue weighted by Crippen LogP contribution is 2.52. The van der Waals surface area contributed by atoms with E-state index in [1.165, 1.54) is 45.8 Å². The number of carbonyl (C=O) groups excluding carboxylic acids is 8. The van der Waals surface area contributed by atoms with Gasteiger partial charge in [-0.3, -0.25) is 37.5 Å². The van der Waals surface area contributed by atoms with Gasteiger partial charge in [0.25, 0.3) is 5.91 Å². The van der Waals surface area contributed by atoms with E-state index in [1.807, 2.05) is 20.8 Å². The number of hydrogen-bond donors (Lipinski definition) is 4. The molecule has 0 fully saturated rings. The smallest absolute Gasteiger partial charge is 0.456 e. The Hall–Kier alpha value is -3.89. The van der Waals surface area contributed by atoms with Gasteiger partial charge in [0.1, 0.15) is 49.6 Å². The Labute approximate surface area is 524 Å². The summed E-state index contributed by atoms with van der Waals surface area (Å²) in [7, 11) is -1.48. The molecule has 28 heteroatoms. The Morgan fingerprint density at radius 1 is 0.821 bits per heavy atom. The van der Waals surface area contributed by atoms with Gasteiger partial charge in [0, 0.05) is 45.0 Å². The molecule has 2 rings (SSSR count). The Kier molecular flexibility index (Phi) is 33.6. The lowest BCUT2D eigenvalue weighted by Gasteiger charge is -2.33. The fourth-order valence-corrected chi connectivity index (χ4v) is 10.5. The SMILES string of the molecule is C/C=C(\C)[C@H]1OC(=O)[C@@H](C)NC(=O)[C@H]([C@H](C)CC)NC(=O)CN(C)C(=O)[C@@H](Cc2ccccc2)N(C)C(=O)[C@H](C)NC(=O)[C@@H](CC(C)C)OC(=O)/C(C)=C/C[C@H](OC(=O)NCCCCCCCOP(=O)(OCC(Cl)(Cl)Cl)OCC(Cl)(Cl)Cl)[C@@H]1C. The highest BCUT2D eigenvalue weighted by atomic mass is 35.6. The third-order valence-electron chi connectivity index (χ3n) is 13.7. The van der Waals surface area contributed by atoms with Crippen LogP contribution in [-0.4, -0.2) is 154 Å². The quantitative estimate of drug-likeness (QED) is 0.0223. The summed E-state index contributed by atoms with van der Waals surface area (Å²) in [5, 5.41) is 10.8. The second-order valence-corrected chi connectivity index (χ2v) is 28.0. The molecule has 84 heavy (non-hydrogen) atoms. The van der Waals surface area contributed by atoms with E-state index in [0.717, 1.165) is 4.90 Å². The minimum atomic E-state index is -4.29. The van der Waals surface area contributed by atoms with Crippen LogP contribution in [0, 0.1) is 17.8 Å². The maximum absolute atomic E-state index is 14.3. The van der Waals surface area contributed by atoms with Crippen LogP contribution in [0.3, 0.4) is 0 Å². The topological polar surface area (TPSA) is 264 Å². The molecule has 6 amide bonds. The molecule has 0 aromatic heterocycles. The van der Waals surface area contributed by atoms with Gasteiger partial charge in [-0.25, -0.2) is 18.9 Å². The Bertz CT molecular complexity index is 2430. The van der Waals surface area contributed by atoms with Crippen molar-refractivity contribution < 1.29 is 70.7 Å². The van der Waals surface area contributed by atoms with Gasteiger partial charge in [0.2, 0.25) is 31.2 Å². The van der Waals surface area contributed by atoms with Crippen LogP contribution in [0.15, 0.2) is 53.6 Å². The summed E-state index contributed by atoms with van der Waals surface area (Å²) < 4.78 is 42.8. The summed E-state index contributed by atoms with van der Waals surface area (Å²) in [5.41, 5.74) is 1.31. The number of amides is 6. The number of alkyl halides is 6. The summed E-state index contributed by atoms with van der Waals surface area (Å²) in [6.07, 6.45) is 2.16. The van der Waals surface area contributed by atoms with Gasteiger partial charge < -0.3 is 45.3 Å². The van der Waals surface area contributed by atoms with E-state index in [0.29, 0.717) is 49.7 Å². The molecule has 0 radical (unpaired) electrons. The third kappa shape index (κ3) is 28.3. The summed E-state index contributed by atoms with van der Waals surface area (Å²) in [4.78, 5) is 114. The highest BCUT2D eigenvalue weighted by Gasteiger charge is 2.39. The average molecular weight is 1330 g/mol. The molecule has 0 spiro atoms. The number of unbranched alkanes of at least 4 members (excludes halogenated alkanes) is 4. The maximum atomic E-state index is 14.3. The van der Waals surface area contributed by atoms with Crippen LogP contribution in [-0.2, 0) is 72.3 Å². The summed E-state index contributed by atoms with van der Waals surface area (Å²) in [6.45, 7) is 15.0. The van der Waals surface area contributed by atoms with Gasteiger partial charge in [-0.05, 0) is 76.9 Å². The lowest BCUT2D eigenvalue weighted by atomic mass is 9.90. The number of halogens is 6. The number of ether oxygens (including phenoxy) is 3. The normalized spacial score (nSPS) is 24.3. The summed E-state index contributed by atoms with van der Waals surface area (Å²) in [6, 6.07) is 4.12. The van der Waals surface area contributed by atoms with Crippen molar-refractivity contribution in [2.45, 2.75) is 177 Å². The fourth-order valence-electron chi connectivity index (χ4n) is 8.41. The zero-order chi connectivity index (χ0) is 63.7. The molecule has 0 aliphatic carbocycles. The first-order chi connectivity index (χ1) is 39.1. The van der Waals surface area contributed by atoms with Crippen LogP contribution in [0.4, 0.5) is 4.79 Å². The van der Waals surface area contributed by atoms with Gasteiger partial charge in [-0.1, -0.05) is 172 Å². The van der Waals surface area contributed by atoms with Crippen molar-refractivity contribution in [3.63, 3.8) is 0 Å². The first-order valence-corrected chi connectivity index (χ1v) is 31.6. The highest BCUT2D eigenvalue weighted by molar-refractivity contribution is 7.48. The molecule has 0 saturated carbocycles. The van der Waals surface area contributed by atoms with E-state index < -0.39 is 137 Å². The molecule has 0 bridgehead atoms. The fraction of sp³-hybridized carbons (Fsp3) is 0.679. The van der Waals surface area contributed by atoms with E-state index in [1.54, 1.807) is 64.1 Å². The van der Waals surface area contributed by atoms with E-state index in [4.69, 9.17) is 97.4 Å². The third-order valence-corrected chi connectivity index (χ3v) is 15.7. The van der Waals surface area contributed by atoms with Crippen molar-refractivity contribution in [2.24, 2.45) is 17.8 Å². The second-order valence-electron chi connectivity index (χ2n) is 21.3. The number of esters is 2. The molecular weight excluding hydrogens is 1240 g/mol. The molecule has 0 unspecified atom stereocenters. The largest absolute Gasteiger partial charge is 0.475 e. The predicted molar refractivity (Wildman–Crippen MR) is 325 cm³/mol. The van der Waals surface area contributed by atoms with Crippen molar-refractivity contribution >= 4 is 125 Å². The monoisotopic (exact) mass is 1320 g/mol. The minimum absolute atomic E-state index is 0.0408. The van der Waals surface area contributed by atoms with Crippen LogP contribution in [0.5, 0.6) is 0 Å². The molecule has 1 aromatic carbocycles. The molecule has 1 aliphatic rings. The minimum Gasteiger partial charge on any atom is -0.456 e. The zero-order valence-corrected chi connectivity index (χ0v) is 55.4. The van der Waals surface area contributed by atoms with E-state index >= 15 is 0 Å². The van der Waals surface area contributed by atoms with Crippen LogP contribution in [0.1, 0.15) is 126 Å². The molecule has 1 aromatic rings. The van der Waals surface area contributed by atoms with Gasteiger partial charge in [0.15, 0.2) is 6.10 Å². The van der Waals surface area contributed by atoms with Crippen molar-refractivity contribution in [3.05, 3.63) is 59.2 Å². The van der Waals surface area contributed by atoms with Crippen LogP contribution < -0.4 is 21.3 Å². The first kappa shape index (κ1) is 76.2. The van der Waals surface area contributed by atoms with E-state index in [9.17, 15) is 42.9 Å². The average Bonchev–Trinajstić information content (AvgIpc) is 3.61. The number of benzene rings is 1. The van der Waals surface area contributed by atoms with Crippen LogP contribution in [0.2, 0.25) is 0 Å². The standard InChI is InChI=1S/C56H85Cl6N6O15P/c1-13-35(5)46-49(71)65-40(10)53(75)83-47(36(6)14-2)38(8)43(82-54(76)63-27-21-16-15-17-22-28-78-84(77,79-32-55(57,58)59)80-33-56(60,61)62)26-25-37(7)52(74)81-44(29-34(3)4)48(70)64-39(9)50(72)68(12)42(30-41-23-19-18-20-24-41)51(73)67(11)31-45(69)66-46/h14,18-20,23-25,34-35,38-40,42-44,46-47H,13,15-17,21-22,26-33H2,1-12H3,(H,63,76)(H,64,70)(H,65,71)(H,66,69)/b36-14+,37-25+/t35-,38+,39+,40-,42-,43+,44-,46+,47-/m1/s1. The Balaban J connectivity index is 2.49. The molecule has 0 saturated heterocycles. The molecule has 21 nitrogen and oxygen atoms in total. The van der Waals surface area contributed by atoms with Gasteiger partial charge in [0.05, 0.1) is 13.2 Å². The lowest BCUT2D eigenvalue weighted by molar-refractivity contribution is -0.155. The number of likely N-dealkylation sites (N-methyl/N-ethyl adjacent to an activating group) is 2. The number of phosphoric ester groups is 1. The van der Waals surface area contributed by atoms with Crippen molar-refractivity contribution in [2.75, 3.05) is 47.0 Å². The number of allylic oxidation sites excluding steroid dienone is 1. The molecule has 476 valence electrons. The van der Waals surface area contributed by atoms with E-state index in [2.05, 4.69) is 21.3 Å². The number of hydrogen-bond acceptors (Lipinski definition) is 15. The Morgan fingerprint density at radius 2 is 1.40 bits per heavy atom. The van der Waals surface area contributed by atoms with Crippen molar-refractivity contribution in [1.29, 1.82) is 0 Å². The van der Waals surface area contributed by atoms with E-state index in [-0.39, 0.29) is 43.9 Å². The van der Waals surface area contributed by atoms with Crippen LogP contribution >= 0.6 is 77.4 Å². The zero-order valence-electron chi connectivity index (χ0n) is 49.9. The van der Waals surface area contributed by atoms with Crippen molar-refractivity contribution in [1.82, 2.24) is 31.1 Å². The van der Waals surface area contributed by atoms with Crippen molar-refractivity contribution in [3.8, 4) is 0 Å². The number of rotatable bonds is 21. The number of alkyl carbamates (subject to hydrolysis) is 1. The summed E-state index contributed by atoms with van der Waals surface area (Å²) in [5.74, 6) is -6.54. The Morgan fingerprint density at radius 3 is 1.98 bits per heavy atom. The maximum Gasteiger partial charge on any atom is 0.475 e. The van der Waals surface area contributed by atoms with Gasteiger partial charge in [-0.2, -0.15) is 0 Å². The lowest BCUT2D eigenvalue weighted by Crippen LogP contribution is -2.57. The summed E-state index contributed by atoms with van der Waals surface area (Å²) >= 11 is 34.4. The molecule has 1 heterocycles. The van der Waals surface area contributed by atoms with Crippen LogP contribution in [0.25, 0.3) is 0 Å². The first-order valence-electron chi connectivity index (χ1n) is 27.9. The van der Waals surface area contributed by atoms with Gasteiger partial charge in [-0.15, -0.1) is 0 Å². The number of nitrogens with one attached hydrogen (secondary N) is 4. The van der Waals surface area contributed by atoms with Gasteiger partial charge >= 0.3 is 25.9 Å².